The van der Waals surface area contributed by atoms with E-state index in [0.717, 1.165) is 20.9 Å². The van der Waals surface area contributed by atoms with Gasteiger partial charge in [-0.15, -0.1) is 12.3 Å². The molecule has 1 N–H and O–H groups in total. The molecule has 0 heterocycles. The van der Waals surface area contributed by atoms with Gasteiger partial charge in [0, 0.05) is 15.4 Å². The van der Waals surface area contributed by atoms with Gasteiger partial charge in [0.2, 0.25) is 0 Å². The van der Waals surface area contributed by atoms with Gasteiger partial charge >= 0.3 is 0 Å². The number of rotatable bonds is 4. The van der Waals surface area contributed by atoms with Crippen LogP contribution in [0.2, 0.25) is 0 Å². The van der Waals surface area contributed by atoms with Crippen molar-refractivity contribution in [1.29, 1.82) is 0 Å². The summed E-state index contributed by atoms with van der Waals surface area (Å²) in [4.78, 5) is 0. The Labute approximate surface area is 107 Å². The predicted octanol–water partition coefficient (Wildman–Crippen LogP) is 4.05. The van der Waals surface area contributed by atoms with Crippen molar-refractivity contribution in [3.05, 3.63) is 32.7 Å². The highest BCUT2D eigenvalue weighted by Crippen LogP contribution is 2.29. The van der Waals surface area contributed by atoms with Crippen molar-refractivity contribution in [3.63, 3.8) is 0 Å². The van der Waals surface area contributed by atoms with E-state index in [1.807, 2.05) is 18.2 Å². The first kappa shape index (κ1) is 12.8. The van der Waals surface area contributed by atoms with Crippen LogP contribution in [0.1, 0.15) is 30.9 Å². The number of benzene rings is 1. The van der Waals surface area contributed by atoms with Crippen molar-refractivity contribution in [2.24, 2.45) is 0 Å². The third kappa shape index (κ3) is 3.98. The van der Waals surface area contributed by atoms with Gasteiger partial charge in [0.05, 0.1) is 6.10 Å². The smallest absolute Gasteiger partial charge is 0.0801 e. The summed E-state index contributed by atoms with van der Waals surface area (Å²) >= 11 is 6.80. The lowest BCUT2D eigenvalue weighted by atomic mass is 10.0. The summed E-state index contributed by atoms with van der Waals surface area (Å²) in [6, 6.07) is 5.77. The molecule has 1 aromatic carbocycles. The zero-order chi connectivity index (χ0) is 11.3. The van der Waals surface area contributed by atoms with Crippen LogP contribution in [0.5, 0.6) is 0 Å². The molecule has 0 fully saturated rings. The number of halogens is 2. The molecule has 0 spiro atoms. The standard InChI is InChI=1S/C12H12Br2O/c1-2-3-4-5-12(15)10-8-9(13)6-7-11(10)14/h1,6-8,12,15H,3-5H2. The molecule has 0 aliphatic carbocycles. The number of hydrogen-bond acceptors (Lipinski definition) is 1. The minimum Gasteiger partial charge on any atom is -0.388 e. The molecule has 0 amide bonds. The molecule has 0 aromatic heterocycles. The molecule has 0 saturated heterocycles. The first-order valence-corrected chi connectivity index (χ1v) is 6.30. The fourth-order valence-corrected chi connectivity index (χ4v) is 2.21. The van der Waals surface area contributed by atoms with Gasteiger partial charge in [-0.25, -0.2) is 0 Å². The Kier molecular flexibility index (Phi) is 5.38. The topological polar surface area (TPSA) is 20.2 Å². The molecular weight excluding hydrogens is 320 g/mol. The monoisotopic (exact) mass is 330 g/mol. The fourth-order valence-electron chi connectivity index (χ4n) is 1.32. The minimum atomic E-state index is -0.453. The van der Waals surface area contributed by atoms with Crippen LogP contribution in [-0.4, -0.2) is 5.11 Å². The summed E-state index contributed by atoms with van der Waals surface area (Å²) in [6.45, 7) is 0. The van der Waals surface area contributed by atoms with Gasteiger partial charge in [0.1, 0.15) is 0 Å². The summed E-state index contributed by atoms with van der Waals surface area (Å²) in [6.07, 6.45) is 6.95. The van der Waals surface area contributed by atoms with Crippen molar-refractivity contribution < 1.29 is 5.11 Å². The molecular formula is C12H12Br2O. The summed E-state index contributed by atoms with van der Waals surface area (Å²) in [7, 11) is 0. The second kappa shape index (κ2) is 6.32. The van der Waals surface area contributed by atoms with Crippen molar-refractivity contribution in [1.82, 2.24) is 0 Å². The third-order valence-corrected chi connectivity index (χ3v) is 3.33. The third-order valence-electron chi connectivity index (χ3n) is 2.12. The van der Waals surface area contributed by atoms with Crippen LogP contribution in [-0.2, 0) is 0 Å². The molecule has 0 saturated carbocycles. The first-order valence-electron chi connectivity index (χ1n) is 4.71. The van der Waals surface area contributed by atoms with E-state index in [9.17, 15) is 5.11 Å². The molecule has 3 heteroatoms. The second-order valence-electron chi connectivity index (χ2n) is 3.28. The van der Waals surface area contributed by atoms with E-state index in [1.165, 1.54) is 0 Å². The maximum atomic E-state index is 9.93. The van der Waals surface area contributed by atoms with Crippen molar-refractivity contribution >= 4 is 31.9 Å². The van der Waals surface area contributed by atoms with E-state index in [0.29, 0.717) is 12.8 Å². The summed E-state index contributed by atoms with van der Waals surface area (Å²) in [5.74, 6) is 2.57. The summed E-state index contributed by atoms with van der Waals surface area (Å²) in [5.41, 5.74) is 0.904. The van der Waals surface area contributed by atoms with Gasteiger partial charge < -0.3 is 5.11 Å². The van der Waals surface area contributed by atoms with Gasteiger partial charge in [-0.1, -0.05) is 31.9 Å². The van der Waals surface area contributed by atoms with E-state index in [4.69, 9.17) is 6.42 Å². The molecule has 0 aliphatic heterocycles. The fraction of sp³-hybridized carbons (Fsp3) is 0.333. The summed E-state index contributed by atoms with van der Waals surface area (Å²) in [5, 5.41) is 9.93. The van der Waals surface area contributed by atoms with Gasteiger partial charge in [0.15, 0.2) is 0 Å². The average Bonchev–Trinajstić information content (AvgIpc) is 2.22. The number of terminal acetylenes is 1. The molecule has 1 nitrogen and oxygen atoms in total. The highest BCUT2D eigenvalue weighted by molar-refractivity contribution is 9.11. The highest BCUT2D eigenvalue weighted by Gasteiger charge is 2.10. The lowest BCUT2D eigenvalue weighted by molar-refractivity contribution is 0.164. The maximum absolute atomic E-state index is 9.93. The molecule has 1 unspecified atom stereocenters. The van der Waals surface area contributed by atoms with Gasteiger partial charge in [0.25, 0.3) is 0 Å². The van der Waals surface area contributed by atoms with E-state index in [-0.39, 0.29) is 0 Å². The number of hydrogen-bond donors (Lipinski definition) is 1. The Morgan fingerprint density at radius 2 is 2.13 bits per heavy atom. The van der Waals surface area contributed by atoms with Crippen LogP contribution in [0.15, 0.2) is 27.1 Å². The van der Waals surface area contributed by atoms with Crippen molar-refractivity contribution in [2.75, 3.05) is 0 Å². The van der Waals surface area contributed by atoms with Crippen LogP contribution >= 0.6 is 31.9 Å². The van der Waals surface area contributed by atoms with Crippen LogP contribution in [0.4, 0.5) is 0 Å². The second-order valence-corrected chi connectivity index (χ2v) is 5.05. The molecule has 0 aliphatic rings. The van der Waals surface area contributed by atoms with Crippen LogP contribution < -0.4 is 0 Å². The Bertz CT molecular complexity index is 368. The Balaban J connectivity index is 2.69. The number of unbranched alkanes of at least 4 members (excludes halogenated alkanes) is 1. The van der Waals surface area contributed by atoms with E-state index < -0.39 is 6.10 Å². The largest absolute Gasteiger partial charge is 0.388 e. The molecule has 15 heavy (non-hydrogen) atoms. The van der Waals surface area contributed by atoms with Crippen LogP contribution in [0.3, 0.4) is 0 Å². The molecule has 0 bridgehead atoms. The Morgan fingerprint density at radius 1 is 1.40 bits per heavy atom. The van der Waals surface area contributed by atoms with E-state index in [1.54, 1.807) is 0 Å². The molecule has 1 atom stereocenters. The van der Waals surface area contributed by atoms with E-state index in [2.05, 4.69) is 37.8 Å². The van der Waals surface area contributed by atoms with E-state index >= 15 is 0 Å². The SMILES string of the molecule is C#CCCCC(O)c1cc(Br)ccc1Br. The van der Waals surface area contributed by atoms with Crippen molar-refractivity contribution in [3.8, 4) is 12.3 Å². The first-order chi connectivity index (χ1) is 7.15. The number of aliphatic hydroxyl groups excluding tert-OH is 1. The molecule has 1 aromatic rings. The van der Waals surface area contributed by atoms with Crippen molar-refractivity contribution in [2.45, 2.75) is 25.4 Å². The van der Waals surface area contributed by atoms with Gasteiger partial charge in [-0.05, 0) is 36.6 Å². The average molecular weight is 332 g/mol. The zero-order valence-corrected chi connectivity index (χ0v) is 11.4. The Hall–Kier alpha value is -0.300. The summed E-state index contributed by atoms with van der Waals surface area (Å²) < 4.78 is 1.90. The maximum Gasteiger partial charge on any atom is 0.0801 e. The molecule has 0 radical (unpaired) electrons. The normalized spacial score (nSPS) is 12.1. The number of aliphatic hydroxyl groups is 1. The minimum absolute atomic E-state index is 0.453. The molecule has 1 rings (SSSR count). The molecule has 80 valence electrons. The van der Waals surface area contributed by atoms with Gasteiger partial charge in [-0.2, -0.15) is 0 Å². The zero-order valence-electron chi connectivity index (χ0n) is 8.21. The van der Waals surface area contributed by atoms with Crippen LogP contribution in [0.25, 0.3) is 0 Å². The Morgan fingerprint density at radius 3 is 2.80 bits per heavy atom. The lowest BCUT2D eigenvalue weighted by Crippen LogP contribution is -1.98. The highest BCUT2D eigenvalue weighted by atomic mass is 79.9. The quantitative estimate of drug-likeness (QED) is 0.652. The lowest BCUT2D eigenvalue weighted by Gasteiger charge is -2.12. The predicted molar refractivity (Wildman–Crippen MR) is 69.5 cm³/mol. The van der Waals surface area contributed by atoms with Crippen LogP contribution in [0, 0.1) is 12.3 Å². The van der Waals surface area contributed by atoms with Gasteiger partial charge in [-0.3, -0.25) is 0 Å².